The van der Waals surface area contributed by atoms with E-state index in [-0.39, 0.29) is 17.5 Å². The molecule has 0 spiro atoms. The molecule has 2 rings (SSSR count). The lowest BCUT2D eigenvalue weighted by Crippen LogP contribution is -2.31. The number of ether oxygens (including phenoxy) is 2. The van der Waals surface area contributed by atoms with Gasteiger partial charge in [-0.25, -0.2) is 0 Å². The van der Waals surface area contributed by atoms with Crippen molar-refractivity contribution >= 4 is 5.69 Å². The number of hydrogen-bond acceptors (Lipinski definition) is 5. The summed E-state index contributed by atoms with van der Waals surface area (Å²) in [5, 5.41) is 14.2. The zero-order valence-electron chi connectivity index (χ0n) is 11.6. The van der Waals surface area contributed by atoms with E-state index in [0.29, 0.717) is 6.54 Å². The maximum atomic E-state index is 10.9. The summed E-state index contributed by atoms with van der Waals surface area (Å²) in [4.78, 5) is 10.5. The van der Waals surface area contributed by atoms with Gasteiger partial charge in [0.15, 0.2) is 5.75 Å². The highest BCUT2D eigenvalue weighted by molar-refractivity contribution is 5.48. The van der Waals surface area contributed by atoms with Crippen molar-refractivity contribution in [1.29, 1.82) is 0 Å². The molecular weight excluding hydrogens is 260 g/mol. The number of nitrogens with one attached hydrogen (secondary N) is 1. The van der Waals surface area contributed by atoms with Crippen LogP contribution in [0.15, 0.2) is 18.2 Å². The van der Waals surface area contributed by atoms with Crippen molar-refractivity contribution in [3.63, 3.8) is 0 Å². The van der Waals surface area contributed by atoms with Crippen molar-refractivity contribution in [1.82, 2.24) is 5.32 Å². The fourth-order valence-corrected chi connectivity index (χ4v) is 2.33. The third-order valence-corrected chi connectivity index (χ3v) is 3.42. The number of hydrogen-bond donors (Lipinski definition) is 1. The normalized spacial score (nSPS) is 18.8. The Labute approximate surface area is 118 Å². The Morgan fingerprint density at radius 2 is 2.35 bits per heavy atom. The molecule has 1 aliphatic rings. The highest BCUT2D eigenvalue weighted by Crippen LogP contribution is 2.27. The van der Waals surface area contributed by atoms with E-state index in [0.717, 1.165) is 31.6 Å². The molecule has 110 valence electrons. The molecule has 1 aromatic rings. The third-order valence-electron chi connectivity index (χ3n) is 3.42. The summed E-state index contributed by atoms with van der Waals surface area (Å²) < 4.78 is 10.6. The van der Waals surface area contributed by atoms with Gasteiger partial charge in [0.1, 0.15) is 0 Å². The molecule has 6 heteroatoms. The molecule has 0 radical (unpaired) electrons. The van der Waals surface area contributed by atoms with Gasteiger partial charge in [-0.2, -0.15) is 0 Å². The Morgan fingerprint density at radius 1 is 1.50 bits per heavy atom. The van der Waals surface area contributed by atoms with Gasteiger partial charge in [-0.3, -0.25) is 10.1 Å². The van der Waals surface area contributed by atoms with Crippen LogP contribution in [0.2, 0.25) is 0 Å². The van der Waals surface area contributed by atoms with Crippen molar-refractivity contribution in [2.45, 2.75) is 31.9 Å². The molecule has 0 amide bonds. The highest BCUT2D eigenvalue weighted by Gasteiger charge is 2.16. The maximum Gasteiger partial charge on any atom is 0.311 e. The van der Waals surface area contributed by atoms with Crippen LogP contribution in [0.25, 0.3) is 0 Å². The van der Waals surface area contributed by atoms with Crippen molar-refractivity contribution in [3.05, 3.63) is 33.9 Å². The molecule has 1 heterocycles. The summed E-state index contributed by atoms with van der Waals surface area (Å²) >= 11 is 0. The van der Waals surface area contributed by atoms with Gasteiger partial charge in [0.25, 0.3) is 0 Å². The van der Waals surface area contributed by atoms with E-state index < -0.39 is 4.92 Å². The van der Waals surface area contributed by atoms with Gasteiger partial charge >= 0.3 is 5.69 Å². The first-order valence-electron chi connectivity index (χ1n) is 6.84. The van der Waals surface area contributed by atoms with Gasteiger partial charge in [-0.15, -0.1) is 0 Å². The first kappa shape index (κ1) is 14.7. The predicted octanol–water partition coefficient (Wildman–Crippen LogP) is 2.26. The molecule has 20 heavy (non-hydrogen) atoms. The molecule has 1 fully saturated rings. The van der Waals surface area contributed by atoms with Crippen LogP contribution in [0, 0.1) is 10.1 Å². The number of nitro benzene ring substituents is 1. The van der Waals surface area contributed by atoms with Gasteiger partial charge in [0, 0.05) is 25.8 Å². The fourth-order valence-electron chi connectivity index (χ4n) is 2.33. The van der Waals surface area contributed by atoms with Gasteiger partial charge in [-0.05, 0) is 30.9 Å². The van der Waals surface area contributed by atoms with Crippen LogP contribution in [0.5, 0.6) is 5.75 Å². The van der Waals surface area contributed by atoms with Crippen molar-refractivity contribution in [3.8, 4) is 5.75 Å². The molecule has 6 nitrogen and oxygen atoms in total. The van der Waals surface area contributed by atoms with Gasteiger partial charge in [-0.1, -0.05) is 6.07 Å². The Hall–Kier alpha value is -1.66. The van der Waals surface area contributed by atoms with Gasteiger partial charge < -0.3 is 14.8 Å². The number of methoxy groups -OCH3 is 1. The van der Waals surface area contributed by atoms with E-state index in [1.165, 1.54) is 13.5 Å². The molecular formula is C14H20N2O4. The lowest BCUT2D eigenvalue weighted by Gasteiger charge is -2.22. The number of rotatable bonds is 6. The monoisotopic (exact) mass is 280 g/mol. The molecule has 1 atom stereocenters. The maximum absolute atomic E-state index is 10.9. The Balaban J connectivity index is 1.89. The van der Waals surface area contributed by atoms with Crippen molar-refractivity contribution in [2.75, 3.05) is 20.3 Å². The molecule has 1 saturated heterocycles. The summed E-state index contributed by atoms with van der Waals surface area (Å²) in [6.45, 7) is 2.20. The second kappa shape index (κ2) is 7.21. The second-order valence-corrected chi connectivity index (χ2v) is 4.88. The summed E-state index contributed by atoms with van der Waals surface area (Å²) in [7, 11) is 1.43. The lowest BCUT2D eigenvalue weighted by molar-refractivity contribution is -0.385. The average molecular weight is 280 g/mol. The predicted molar refractivity (Wildman–Crippen MR) is 74.9 cm³/mol. The number of nitro groups is 1. The first-order chi connectivity index (χ1) is 9.70. The van der Waals surface area contributed by atoms with Crippen LogP contribution in [-0.2, 0) is 11.3 Å². The number of nitrogens with zero attached hydrogens (tertiary/aromatic N) is 1. The molecule has 0 aromatic heterocycles. The highest BCUT2D eigenvalue weighted by atomic mass is 16.6. The summed E-state index contributed by atoms with van der Waals surface area (Å²) in [6.07, 6.45) is 3.69. The van der Waals surface area contributed by atoms with Gasteiger partial charge in [0.05, 0.1) is 18.1 Å². The van der Waals surface area contributed by atoms with Crippen LogP contribution in [0.4, 0.5) is 5.69 Å². The second-order valence-electron chi connectivity index (χ2n) is 4.88. The Bertz CT molecular complexity index is 458. The van der Waals surface area contributed by atoms with Crippen molar-refractivity contribution < 1.29 is 14.4 Å². The zero-order chi connectivity index (χ0) is 14.4. The molecule has 1 N–H and O–H groups in total. The molecule has 1 aromatic carbocycles. The molecule has 0 bridgehead atoms. The van der Waals surface area contributed by atoms with Crippen LogP contribution < -0.4 is 10.1 Å². The SMILES string of the molecule is COc1ccc(CNCC2CCCCO2)cc1[N+](=O)[O-]. The minimum atomic E-state index is -0.424. The van der Waals surface area contributed by atoms with Crippen LogP contribution in [0.1, 0.15) is 24.8 Å². The van der Waals surface area contributed by atoms with E-state index >= 15 is 0 Å². The smallest absolute Gasteiger partial charge is 0.311 e. The van der Waals surface area contributed by atoms with Crippen LogP contribution >= 0.6 is 0 Å². The standard InChI is InChI=1S/C14H20N2O4/c1-19-14-6-5-11(8-13(14)16(17)18)9-15-10-12-4-2-3-7-20-12/h5-6,8,12,15H,2-4,7,9-10H2,1H3. The lowest BCUT2D eigenvalue weighted by atomic mass is 10.1. The summed E-state index contributed by atoms with van der Waals surface area (Å²) in [5.74, 6) is 0.286. The quantitative estimate of drug-likeness (QED) is 0.639. The summed E-state index contributed by atoms with van der Waals surface area (Å²) in [6, 6.07) is 5.01. The third kappa shape index (κ3) is 3.91. The van der Waals surface area contributed by atoms with Crippen LogP contribution in [0.3, 0.4) is 0 Å². The molecule has 1 aliphatic heterocycles. The first-order valence-corrected chi connectivity index (χ1v) is 6.84. The molecule has 0 aliphatic carbocycles. The Kier molecular flexibility index (Phi) is 5.31. The minimum Gasteiger partial charge on any atom is -0.490 e. The topological polar surface area (TPSA) is 73.6 Å². The zero-order valence-corrected chi connectivity index (χ0v) is 11.6. The largest absolute Gasteiger partial charge is 0.490 e. The van der Waals surface area contributed by atoms with Crippen molar-refractivity contribution in [2.24, 2.45) is 0 Å². The fraction of sp³-hybridized carbons (Fsp3) is 0.571. The van der Waals surface area contributed by atoms with E-state index in [4.69, 9.17) is 9.47 Å². The average Bonchev–Trinajstić information content (AvgIpc) is 2.48. The van der Waals surface area contributed by atoms with Gasteiger partial charge in [0.2, 0.25) is 0 Å². The number of benzene rings is 1. The van der Waals surface area contributed by atoms with E-state index in [1.807, 2.05) is 6.07 Å². The van der Waals surface area contributed by atoms with E-state index in [9.17, 15) is 10.1 Å². The van der Waals surface area contributed by atoms with E-state index in [2.05, 4.69) is 5.32 Å². The Morgan fingerprint density at radius 3 is 3.00 bits per heavy atom. The van der Waals surface area contributed by atoms with Crippen LogP contribution in [-0.4, -0.2) is 31.3 Å². The minimum absolute atomic E-state index is 0.000663. The molecule has 1 unspecified atom stereocenters. The summed E-state index contributed by atoms with van der Waals surface area (Å²) in [5.41, 5.74) is 0.869. The molecule has 0 saturated carbocycles. The van der Waals surface area contributed by atoms with E-state index in [1.54, 1.807) is 12.1 Å².